The van der Waals surface area contributed by atoms with Crippen LogP contribution >= 0.6 is 11.3 Å². The van der Waals surface area contributed by atoms with Gasteiger partial charge in [0.15, 0.2) is 5.13 Å². The average molecular weight is 391 g/mol. The van der Waals surface area contributed by atoms with Crippen LogP contribution in [0.1, 0.15) is 11.3 Å². The summed E-state index contributed by atoms with van der Waals surface area (Å²) in [6.45, 7) is 2.52. The molecule has 0 bridgehead atoms. The van der Waals surface area contributed by atoms with Crippen LogP contribution in [-0.4, -0.2) is 26.0 Å². The number of carbonyl (C=O) groups excluding carboxylic acids is 1. The van der Waals surface area contributed by atoms with Gasteiger partial charge in [-0.3, -0.25) is 15.6 Å². The minimum absolute atomic E-state index is 0.225. The van der Waals surface area contributed by atoms with Gasteiger partial charge in [-0.05, 0) is 36.8 Å². The van der Waals surface area contributed by atoms with E-state index in [-0.39, 0.29) is 5.95 Å². The lowest BCUT2D eigenvalue weighted by atomic mass is 10.2. The van der Waals surface area contributed by atoms with Gasteiger partial charge in [0.25, 0.3) is 0 Å². The number of benzene rings is 1. The van der Waals surface area contributed by atoms with E-state index in [1.54, 1.807) is 12.4 Å². The van der Waals surface area contributed by atoms with Crippen molar-refractivity contribution in [1.82, 2.24) is 19.9 Å². The molecule has 140 valence electrons. The maximum atomic E-state index is 12.1. The molecule has 3 aromatic heterocycles. The molecular formula is C19H17N7OS. The van der Waals surface area contributed by atoms with Crippen molar-refractivity contribution in [1.29, 1.82) is 0 Å². The number of rotatable bonds is 5. The molecule has 0 saturated carbocycles. The number of nitrogens with one attached hydrogen (secondary N) is 3. The second kappa shape index (κ2) is 7.97. The predicted molar refractivity (Wildman–Crippen MR) is 111 cm³/mol. The van der Waals surface area contributed by atoms with Crippen LogP contribution in [0.2, 0.25) is 0 Å². The zero-order chi connectivity index (χ0) is 19.3. The van der Waals surface area contributed by atoms with E-state index >= 15 is 0 Å². The maximum Gasteiger partial charge on any atom is 0.327 e. The molecule has 1 aromatic carbocycles. The van der Waals surface area contributed by atoms with E-state index in [0.29, 0.717) is 11.7 Å². The molecule has 8 nitrogen and oxygen atoms in total. The lowest BCUT2D eigenvalue weighted by Crippen LogP contribution is -2.20. The largest absolute Gasteiger partial charge is 0.381 e. The summed E-state index contributed by atoms with van der Waals surface area (Å²) in [5, 5.41) is 11.9. The van der Waals surface area contributed by atoms with Crippen molar-refractivity contribution in [2.24, 2.45) is 0 Å². The summed E-state index contributed by atoms with van der Waals surface area (Å²) in [5.41, 5.74) is 3.59. The molecule has 0 fully saturated rings. The third-order valence-electron chi connectivity index (χ3n) is 3.87. The van der Waals surface area contributed by atoms with Crippen LogP contribution in [0.15, 0.2) is 54.3 Å². The molecule has 0 aliphatic rings. The van der Waals surface area contributed by atoms with Crippen molar-refractivity contribution in [3.05, 3.63) is 65.6 Å². The highest BCUT2D eigenvalue weighted by Gasteiger charge is 2.08. The Morgan fingerprint density at radius 1 is 1.14 bits per heavy atom. The quantitative estimate of drug-likeness (QED) is 0.474. The maximum absolute atomic E-state index is 12.1. The number of anilines is 3. The third-order valence-corrected chi connectivity index (χ3v) is 4.74. The minimum Gasteiger partial charge on any atom is -0.381 e. The highest BCUT2D eigenvalue weighted by molar-refractivity contribution is 7.13. The highest BCUT2D eigenvalue weighted by atomic mass is 32.1. The van der Waals surface area contributed by atoms with E-state index in [1.165, 1.54) is 11.3 Å². The van der Waals surface area contributed by atoms with E-state index in [0.717, 1.165) is 27.8 Å². The van der Waals surface area contributed by atoms with Gasteiger partial charge < -0.3 is 5.32 Å². The van der Waals surface area contributed by atoms with Crippen molar-refractivity contribution in [3.63, 3.8) is 0 Å². The second-order valence-electron chi connectivity index (χ2n) is 6.06. The number of hydrogen-bond acceptors (Lipinski definition) is 7. The van der Waals surface area contributed by atoms with Gasteiger partial charge in [-0.1, -0.05) is 6.07 Å². The fourth-order valence-electron chi connectivity index (χ4n) is 2.54. The Labute approximate surface area is 165 Å². The normalized spacial score (nSPS) is 10.6. The molecule has 0 atom stereocenters. The van der Waals surface area contributed by atoms with Gasteiger partial charge >= 0.3 is 6.03 Å². The summed E-state index contributed by atoms with van der Waals surface area (Å²) in [5.74, 6) is 0.225. The van der Waals surface area contributed by atoms with Crippen LogP contribution in [-0.2, 0) is 6.54 Å². The molecule has 4 rings (SSSR count). The number of urea groups is 1. The van der Waals surface area contributed by atoms with Gasteiger partial charge in [0.05, 0.1) is 11.2 Å². The molecule has 4 aromatic rings. The first kappa shape index (κ1) is 17.8. The molecule has 0 radical (unpaired) electrons. The van der Waals surface area contributed by atoms with E-state index < -0.39 is 6.03 Å². The Hall–Kier alpha value is -3.59. The first-order chi connectivity index (χ1) is 13.7. The Kier molecular flexibility index (Phi) is 5.07. The summed E-state index contributed by atoms with van der Waals surface area (Å²) in [7, 11) is 0. The molecular weight excluding hydrogens is 374 g/mol. The van der Waals surface area contributed by atoms with Crippen LogP contribution in [0.4, 0.5) is 21.6 Å². The smallest absolute Gasteiger partial charge is 0.327 e. The number of hydrogen-bond donors (Lipinski definition) is 3. The van der Waals surface area contributed by atoms with Crippen LogP contribution in [0.3, 0.4) is 0 Å². The van der Waals surface area contributed by atoms with Gasteiger partial charge in [-0.2, -0.15) is 0 Å². The van der Waals surface area contributed by atoms with Gasteiger partial charge in [-0.25, -0.2) is 19.7 Å². The molecule has 0 saturated heterocycles. The van der Waals surface area contributed by atoms with Crippen LogP contribution in [0.25, 0.3) is 10.9 Å². The predicted octanol–water partition coefficient (Wildman–Crippen LogP) is 4.05. The topological polar surface area (TPSA) is 105 Å². The Morgan fingerprint density at radius 2 is 2.07 bits per heavy atom. The summed E-state index contributed by atoms with van der Waals surface area (Å²) >= 11 is 1.36. The van der Waals surface area contributed by atoms with Gasteiger partial charge in [0.2, 0.25) is 5.95 Å². The molecule has 0 aliphatic heterocycles. The van der Waals surface area contributed by atoms with Gasteiger partial charge in [0, 0.05) is 41.6 Å². The molecule has 0 spiro atoms. The van der Waals surface area contributed by atoms with Crippen LogP contribution < -0.4 is 16.0 Å². The van der Waals surface area contributed by atoms with Crippen molar-refractivity contribution < 1.29 is 4.79 Å². The van der Waals surface area contributed by atoms with Crippen molar-refractivity contribution in [2.45, 2.75) is 13.5 Å². The van der Waals surface area contributed by atoms with E-state index in [4.69, 9.17) is 0 Å². The second-order valence-corrected chi connectivity index (χ2v) is 6.91. The summed E-state index contributed by atoms with van der Waals surface area (Å²) in [4.78, 5) is 29.0. The molecule has 9 heteroatoms. The standard InChI is InChI=1S/C19H17N7OS/c1-12-11-28-19(23-12)26-18(27)25-17-22-10-14-4-5-15(7-16(14)24-17)21-9-13-3-2-6-20-8-13/h2-8,10-11,21H,9H2,1H3,(H2,22,23,24,25,26,27). The average Bonchev–Trinajstić information content (AvgIpc) is 3.11. The molecule has 28 heavy (non-hydrogen) atoms. The molecule has 2 amide bonds. The molecule has 0 unspecified atom stereocenters. The van der Waals surface area contributed by atoms with Crippen LogP contribution in [0.5, 0.6) is 0 Å². The minimum atomic E-state index is -0.431. The highest BCUT2D eigenvalue weighted by Crippen LogP contribution is 2.19. The zero-order valence-electron chi connectivity index (χ0n) is 15.0. The summed E-state index contributed by atoms with van der Waals surface area (Å²) < 4.78 is 0. The number of pyridine rings is 1. The Bertz CT molecular complexity index is 1110. The number of carbonyl (C=O) groups is 1. The number of nitrogens with zero attached hydrogens (tertiary/aromatic N) is 4. The third kappa shape index (κ3) is 4.38. The summed E-state index contributed by atoms with van der Waals surface area (Å²) in [6.07, 6.45) is 5.24. The first-order valence-electron chi connectivity index (χ1n) is 8.55. The molecule has 3 heterocycles. The SMILES string of the molecule is Cc1csc(NC(=O)Nc2ncc3ccc(NCc4cccnc4)cc3n2)n1. The van der Waals surface area contributed by atoms with Crippen molar-refractivity contribution >= 4 is 45.0 Å². The number of aromatic nitrogens is 4. The van der Waals surface area contributed by atoms with E-state index in [1.807, 2.05) is 48.8 Å². The number of aryl methyl sites for hydroxylation is 1. The van der Waals surface area contributed by atoms with Crippen molar-refractivity contribution in [2.75, 3.05) is 16.0 Å². The van der Waals surface area contributed by atoms with Crippen molar-refractivity contribution in [3.8, 4) is 0 Å². The first-order valence-corrected chi connectivity index (χ1v) is 9.43. The Balaban J connectivity index is 1.45. The van der Waals surface area contributed by atoms with Gasteiger partial charge in [0.1, 0.15) is 0 Å². The summed E-state index contributed by atoms with van der Waals surface area (Å²) in [6, 6.07) is 9.30. The number of fused-ring (bicyclic) bond motifs is 1. The lowest BCUT2D eigenvalue weighted by Gasteiger charge is -2.08. The number of thiazole rings is 1. The monoisotopic (exact) mass is 391 g/mol. The van der Waals surface area contributed by atoms with E-state index in [9.17, 15) is 4.79 Å². The fourth-order valence-corrected chi connectivity index (χ4v) is 3.22. The number of amides is 2. The molecule has 0 aliphatic carbocycles. The van der Waals surface area contributed by atoms with Crippen LogP contribution in [0, 0.1) is 6.92 Å². The van der Waals surface area contributed by atoms with Gasteiger partial charge in [-0.15, -0.1) is 11.3 Å². The molecule has 3 N–H and O–H groups in total. The van der Waals surface area contributed by atoms with E-state index in [2.05, 4.69) is 35.9 Å². The fraction of sp³-hybridized carbons (Fsp3) is 0.105. The Morgan fingerprint density at radius 3 is 2.86 bits per heavy atom. The lowest BCUT2D eigenvalue weighted by molar-refractivity contribution is 0.262. The zero-order valence-corrected chi connectivity index (χ0v) is 15.8.